The molecule has 3 fully saturated rings. The number of amides is 1. The number of thioether (sulfide) groups is 1. The number of ether oxygens (including phenoxy) is 6. The first-order valence-electron chi connectivity index (χ1n) is 21.4. The summed E-state index contributed by atoms with van der Waals surface area (Å²) in [6, 6.07) is 23.2. The summed E-state index contributed by atoms with van der Waals surface area (Å²) in [6.07, 6.45) is -7.55. The fourth-order valence-electron chi connectivity index (χ4n) is 10.6. The molecule has 1 amide bonds. The monoisotopic (exact) mass is 913 g/mol. The molecule has 0 spiro atoms. The summed E-state index contributed by atoms with van der Waals surface area (Å²) in [5.41, 5.74) is -6.48. The molecule has 4 aliphatic rings. The summed E-state index contributed by atoms with van der Waals surface area (Å²) < 4.78 is 37.5. The molecule has 11 atom stereocenters. The first-order valence-corrected chi connectivity index (χ1v) is 22.8. The Kier molecular flexibility index (Phi) is 13.5. The molecule has 1 unspecified atom stereocenters. The van der Waals surface area contributed by atoms with Gasteiger partial charge in [0.15, 0.2) is 23.6 Å². The molecule has 346 valence electrons. The van der Waals surface area contributed by atoms with Gasteiger partial charge in [-0.25, -0.2) is 9.59 Å². The number of aliphatic hydroxyl groups is 2. The van der Waals surface area contributed by atoms with Crippen molar-refractivity contribution in [2.75, 3.05) is 18.8 Å². The number of carbonyl (C=O) groups is 6. The van der Waals surface area contributed by atoms with Crippen LogP contribution in [0.3, 0.4) is 0 Å². The number of carbonyl (C=O) groups excluding carboxylic acids is 6. The van der Waals surface area contributed by atoms with Gasteiger partial charge in [0, 0.05) is 37.7 Å². The highest BCUT2D eigenvalue weighted by atomic mass is 32.2. The molecule has 16 heteroatoms. The van der Waals surface area contributed by atoms with Crippen molar-refractivity contribution in [1.82, 2.24) is 5.32 Å². The molecule has 2 saturated carbocycles. The maximum Gasteiger partial charge on any atom is 0.338 e. The minimum Gasteiger partial charge on any atom is -0.456 e. The summed E-state index contributed by atoms with van der Waals surface area (Å²) in [6.45, 7) is 8.45. The van der Waals surface area contributed by atoms with E-state index in [9.17, 15) is 34.2 Å². The quantitative estimate of drug-likeness (QED) is 0.0884. The van der Waals surface area contributed by atoms with Crippen molar-refractivity contribution in [3.63, 3.8) is 0 Å². The van der Waals surface area contributed by atoms with Crippen molar-refractivity contribution in [2.45, 2.75) is 108 Å². The Labute approximate surface area is 381 Å². The van der Waals surface area contributed by atoms with Crippen LogP contribution in [0.25, 0.3) is 0 Å². The van der Waals surface area contributed by atoms with E-state index in [0.717, 1.165) is 6.92 Å². The Hall–Kier alpha value is -5.39. The number of ketones is 1. The van der Waals surface area contributed by atoms with Crippen LogP contribution in [0.5, 0.6) is 0 Å². The number of fused-ring (bicyclic) bond motifs is 5. The van der Waals surface area contributed by atoms with Crippen molar-refractivity contribution in [3.8, 4) is 0 Å². The van der Waals surface area contributed by atoms with Gasteiger partial charge in [0.05, 0.1) is 41.6 Å². The van der Waals surface area contributed by atoms with Crippen molar-refractivity contribution in [2.24, 2.45) is 16.7 Å². The molecule has 2 bridgehead atoms. The zero-order valence-electron chi connectivity index (χ0n) is 37.3. The van der Waals surface area contributed by atoms with E-state index < -0.39 is 113 Å². The molecule has 3 aromatic rings. The summed E-state index contributed by atoms with van der Waals surface area (Å²) in [5, 5.41) is 28.5. The van der Waals surface area contributed by atoms with Crippen LogP contribution in [0, 0.1) is 16.7 Å². The summed E-state index contributed by atoms with van der Waals surface area (Å²) in [4.78, 5) is 84.7. The third-order valence-electron chi connectivity index (χ3n) is 13.8. The number of hydrogen-bond donors (Lipinski definition) is 3. The molecule has 0 radical (unpaired) electrons. The van der Waals surface area contributed by atoms with Gasteiger partial charge in [-0.1, -0.05) is 80.6 Å². The molecule has 65 heavy (non-hydrogen) atoms. The maximum atomic E-state index is 15.9. The van der Waals surface area contributed by atoms with Gasteiger partial charge in [0.25, 0.3) is 5.91 Å². The van der Waals surface area contributed by atoms with E-state index in [0.29, 0.717) is 5.56 Å². The number of hydrogen-bond acceptors (Lipinski definition) is 15. The normalized spacial score (nSPS) is 30.9. The van der Waals surface area contributed by atoms with E-state index in [1.807, 2.05) is 0 Å². The van der Waals surface area contributed by atoms with Gasteiger partial charge >= 0.3 is 23.9 Å². The molecule has 3 aliphatic carbocycles. The molecule has 15 nitrogen and oxygen atoms in total. The van der Waals surface area contributed by atoms with Gasteiger partial charge in [0.2, 0.25) is 0 Å². The molecule has 3 aromatic carbocycles. The van der Waals surface area contributed by atoms with Gasteiger partial charge in [-0.15, -0.1) is 11.8 Å². The standard InChI is InChI=1S/C49H55NO14S/c1-27-33(62-45(57)38(53)37(30-17-11-8-12-18-30)50-43(55)31-19-13-9-14-20-31)24-49(58)42(63-44(56)32-21-15-10-16-22-32)40-47(6,41(54)39(61-28(2)51)36(27)46(49,4)5)34(60-26-65-7)23-35-48(40,25-59-35)64-29(3)52/h8-22,33-35,37-40,42,53,58H,23-26H2,1-7H3,(H,50,55)/t33-,34-,35+,37-,38+,39+,40-,42-,47+,48?,49+/m0/s1. The Morgan fingerprint density at radius 1 is 0.862 bits per heavy atom. The van der Waals surface area contributed by atoms with E-state index in [-0.39, 0.29) is 41.2 Å². The second-order valence-corrected chi connectivity index (χ2v) is 18.7. The Morgan fingerprint density at radius 2 is 1.46 bits per heavy atom. The number of aliphatic hydroxyl groups excluding tert-OH is 1. The highest BCUT2D eigenvalue weighted by molar-refractivity contribution is 7.98. The van der Waals surface area contributed by atoms with Crippen LogP contribution in [0.4, 0.5) is 0 Å². The minimum absolute atomic E-state index is 0.0418. The second-order valence-electron chi connectivity index (χ2n) is 17.9. The first-order chi connectivity index (χ1) is 30.8. The van der Waals surface area contributed by atoms with Crippen LogP contribution < -0.4 is 5.32 Å². The van der Waals surface area contributed by atoms with Crippen LogP contribution in [0.1, 0.15) is 86.7 Å². The average molecular weight is 914 g/mol. The largest absolute Gasteiger partial charge is 0.456 e. The van der Waals surface area contributed by atoms with Crippen LogP contribution in [-0.4, -0.2) is 112 Å². The van der Waals surface area contributed by atoms with E-state index in [1.54, 1.807) is 113 Å². The topological polar surface area (TPSA) is 210 Å². The Bertz CT molecular complexity index is 2340. The predicted octanol–water partition coefficient (Wildman–Crippen LogP) is 5.08. The Morgan fingerprint density at radius 3 is 2.02 bits per heavy atom. The average Bonchev–Trinajstić information content (AvgIpc) is 3.27. The molecule has 1 aliphatic heterocycles. The molecule has 3 N–H and O–H groups in total. The lowest BCUT2D eigenvalue weighted by Crippen LogP contribution is -2.82. The fraction of sp³-hybridized carbons (Fsp3) is 0.469. The van der Waals surface area contributed by atoms with Crippen LogP contribution in [0.15, 0.2) is 102 Å². The number of rotatable bonds is 13. The van der Waals surface area contributed by atoms with Crippen molar-refractivity contribution >= 4 is 47.3 Å². The molecule has 1 heterocycles. The van der Waals surface area contributed by atoms with Gasteiger partial charge < -0.3 is 44.0 Å². The van der Waals surface area contributed by atoms with Gasteiger partial charge in [-0.2, -0.15) is 0 Å². The zero-order chi connectivity index (χ0) is 47.1. The van der Waals surface area contributed by atoms with E-state index >= 15 is 4.79 Å². The molecular weight excluding hydrogens is 859 g/mol. The summed E-state index contributed by atoms with van der Waals surface area (Å²) >= 11 is 1.34. The predicted molar refractivity (Wildman–Crippen MR) is 235 cm³/mol. The highest BCUT2D eigenvalue weighted by Gasteiger charge is 2.78. The molecular formula is C49H55NO14S. The number of Topliss-reactive ketones (excluding diaryl/α,β-unsaturated/α-hetero) is 1. The number of nitrogens with one attached hydrogen (secondary N) is 1. The van der Waals surface area contributed by atoms with E-state index in [4.69, 9.17) is 28.4 Å². The molecule has 7 rings (SSSR count). The van der Waals surface area contributed by atoms with Crippen LogP contribution >= 0.6 is 11.8 Å². The lowest BCUT2D eigenvalue weighted by Gasteiger charge is -2.67. The third-order valence-corrected chi connectivity index (χ3v) is 14.2. The number of benzene rings is 3. The van der Waals surface area contributed by atoms with Crippen LogP contribution in [-0.2, 0) is 47.6 Å². The van der Waals surface area contributed by atoms with E-state index in [2.05, 4.69) is 5.32 Å². The minimum atomic E-state index is -2.34. The fourth-order valence-corrected chi connectivity index (χ4v) is 10.9. The maximum absolute atomic E-state index is 15.9. The van der Waals surface area contributed by atoms with E-state index in [1.165, 1.54) is 30.8 Å². The molecule has 0 aromatic heterocycles. The molecule has 1 saturated heterocycles. The third kappa shape index (κ3) is 8.39. The van der Waals surface area contributed by atoms with Crippen molar-refractivity contribution in [1.29, 1.82) is 0 Å². The SMILES string of the molecule is CSCO[C@H]1C[C@H]2OCC2(OC(C)=O)[C@H]2[C@H](OC(=O)c3ccccc3)[C@]3(O)C[C@H](OC(=O)[C@H](O)[C@@H](NC(=O)c4ccccc4)c4ccccc4)C(C)=C([C@@H](OC(C)=O)C(=O)[C@]12C)C3(C)C. The van der Waals surface area contributed by atoms with Crippen LogP contribution in [0.2, 0.25) is 0 Å². The number of esters is 4. The Balaban J connectivity index is 1.41. The second kappa shape index (κ2) is 18.5. The van der Waals surface area contributed by atoms with Gasteiger partial charge in [-0.05, 0) is 61.1 Å². The van der Waals surface area contributed by atoms with Gasteiger partial charge in [0.1, 0.15) is 23.9 Å². The van der Waals surface area contributed by atoms with Crippen molar-refractivity contribution in [3.05, 3.63) is 119 Å². The summed E-state index contributed by atoms with van der Waals surface area (Å²) in [7, 11) is 0. The van der Waals surface area contributed by atoms with Gasteiger partial charge in [-0.3, -0.25) is 19.2 Å². The zero-order valence-corrected chi connectivity index (χ0v) is 38.1. The highest BCUT2D eigenvalue weighted by Crippen LogP contribution is 2.65. The van der Waals surface area contributed by atoms with Crippen molar-refractivity contribution < 1.29 is 67.4 Å². The summed E-state index contributed by atoms with van der Waals surface area (Å²) in [5.74, 6) is -6.28. The smallest absolute Gasteiger partial charge is 0.338 e. The lowest BCUT2D eigenvalue weighted by atomic mass is 9.44. The lowest BCUT2D eigenvalue weighted by molar-refractivity contribution is -0.347. The first kappa shape index (κ1) is 47.6.